The van der Waals surface area contributed by atoms with E-state index in [1.54, 1.807) is 18.2 Å². The number of anilines is 2. The number of halogens is 1. The van der Waals surface area contributed by atoms with Gasteiger partial charge < -0.3 is 10.5 Å². The number of rotatable bonds is 10. The summed E-state index contributed by atoms with van der Waals surface area (Å²) in [5.41, 5.74) is 6.79. The molecule has 0 saturated carbocycles. The van der Waals surface area contributed by atoms with Crippen molar-refractivity contribution < 1.29 is 22.7 Å². The number of sulfonamides is 1. The molecule has 2 amide bonds. The van der Waals surface area contributed by atoms with Crippen LogP contribution in [0.1, 0.15) is 31.5 Å². The summed E-state index contributed by atoms with van der Waals surface area (Å²) >= 11 is 7.22. The number of nitrogens with one attached hydrogen (secondary N) is 1. The Kier molecular flexibility index (Phi) is 8.41. The van der Waals surface area contributed by atoms with Crippen molar-refractivity contribution in [2.24, 2.45) is 11.7 Å². The zero-order chi connectivity index (χ0) is 23.3. The molecule has 0 fully saturated rings. The third-order valence-electron chi connectivity index (χ3n) is 3.83. The number of primary amides is 1. The number of carbonyl (C=O) groups is 2. The first-order chi connectivity index (χ1) is 14.4. The summed E-state index contributed by atoms with van der Waals surface area (Å²) in [6.45, 7) is 6.14. The zero-order valence-electron chi connectivity index (χ0n) is 17.6. The van der Waals surface area contributed by atoms with Gasteiger partial charge in [0.25, 0.3) is 0 Å². The van der Waals surface area contributed by atoms with Crippen LogP contribution in [0.25, 0.3) is 0 Å². The van der Waals surface area contributed by atoms with E-state index >= 15 is 0 Å². The molecular weight excluding hydrogens is 464 g/mol. The lowest BCUT2D eigenvalue weighted by Crippen LogP contribution is -2.31. The molecule has 1 heterocycles. The lowest BCUT2D eigenvalue weighted by atomic mass is 10.2. The lowest BCUT2D eigenvalue weighted by molar-refractivity contribution is -0.125. The van der Waals surface area contributed by atoms with Gasteiger partial charge in [0.05, 0.1) is 30.8 Å². The number of aryl methyl sites for hydroxylation is 1. The molecule has 0 aliphatic rings. The summed E-state index contributed by atoms with van der Waals surface area (Å²) in [6, 6.07) is 5.26. The number of thiazole rings is 1. The van der Waals surface area contributed by atoms with Gasteiger partial charge in [-0.1, -0.05) is 42.9 Å². The summed E-state index contributed by atoms with van der Waals surface area (Å²) in [6.07, 6.45) is 0.465. The highest BCUT2D eigenvalue weighted by molar-refractivity contribution is 7.88. The number of hydrogen-bond acceptors (Lipinski definition) is 7. The number of nitrogens with two attached hydrogens (primary N) is 1. The first-order valence-electron chi connectivity index (χ1n) is 9.32. The minimum absolute atomic E-state index is 0.142. The number of benzene rings is 1. The van der Waals surface area contributed by atoms with Gasteiger partial charge in [-0.25, -0.2) is 18.1 Å². The molecule has 9 nitrogen and oxygen atoms in total. The van der Waals surface area contributed by atoms with Gasteiger partial charge in [-0.2, -0.15) is 0 Å². The number of carbonyl (C=O) groups excluding carboxylic acids is 2. The summed E-state index contributed by atoms with van der Waals surface area (Å²) in [5, 5.41) is 0.166. The SMILES string of the molecule is Cc1ccc(N(C(=O)CC(N)=O)c2nc(CNS(C)(=O)=O)c(Cl)s2)c(OCC(C)C)c1. The predicted molar refractivity (Wildman–Crippen MR) is 121 cm³/mol. The van der Waals surface area contributed by atoms with Gasteiger partial charge in [0.1, 0.15) is 16.5 Å². The maximum atomic E-state index is 12.9. The molecule has 0 aliphatic heterocycles. The van der Waals surface area contributed by atoms with Crippen LogP contribution in [0.15, 0.2) is 18.2 Å². The van der Waals surface area contributed by atoms with Gasteiger partial charge in [-0.05, 0) is 30.5 Å². The molecule has 3 N–H and O–H groups in total. The molecule has 0 aliphatic carbocycles. The third-order valence-corrected chi connectivity index (χ3v) is 5.82. The molecule has 0 bridgehead atoms. The maximum Gasteiger partial charge on any atom is 0.242 e. The Bertz CT molecular complexity index is 1070. The summed E-state index contributed by atoms with van der Waals surface area (Å²) in [4.78, 5) is 29.9. The fourth-order valence-corrected chi connectivity index (χ4v) is 4.03. The normalized spacial score (nSPS) is 11.5. The Hall–Kier alpha value is -2.21. The molecule has 1 aromatic heterocycles. The first kappa shape index (κ1) is 25.1. The molecule has 31 heavy (non-hydrogen) atoms. The Balaban J connectivity index is 2.53. The highest BCUT2D eigenvalue weighted by Gasteiger charge is 2.27. The van der Waals surface area contributed by atoms with Crippen molar-refractivity contribution in [3.63, 3.8) is 0 Å². The van der Waals surface area contributed by atoms with Crippen LogP contribution in [-0.2, 0) is 26.2 Å². The predicted octanol–water partition coefficient (Wildman–Crippen LogP) is 2.73. The van der Waals surface area contributed by atoms with E-state index < -0.39 is 28.3 Å². The molecule has 2 rings (SSSR count). The summed E-state index contributed by atoms with van der Waals surface area (Å²) < 4.78 is 31.2. The molecule has 0 spiro atoms. The molecule has 0 saturated heterocycles. The molecule has 0 atom stereocenters. The van der Waals surface area contributed by atoms with E-state index in [0.29, 0.717) is 18.0 Å². The monoisotopic (exact) mass is 488 g/mol. The highest BCUT2D eigenvalue weighted by Crippen LogP contribution is 2.40. The second kappa shape index (κ2) is 10.4. The highest BCUT2D eigenvalue weighted by atomic mass is 35.5. The van der Waals surface area contributed by atoms with Crippen LogP contribution in [0.2, 0.25) is 4.34 Å². The molecule has 0 radical (unpaired) electrons. The molecule has 2 aromatic rings. The smallest absolute Gasteiger partial charge is 0.242 e. The van der Waals surface area contributed by atoms with E-state index in [0.717, 1.165) is 23.2 Å². The number of nitrogens with zero attached hydrogens (tertiary/aromatic N) is 2. The lowest BCUT2D eigenvalue weighted by Gasteiger charge is -2.23. The number of amides is 2. The average Bonchev–Trinajstić information content (AvgIpc) is 2.99. The Morgan fingerprint density at radius 2 is 2.03 bits per heavy atom. The second-order valence-corrected chi connectivity index (χ2v) is 10.8. The molecule has 170 valence electrons. The summed E-state index contributed by atoms with van der Waals surface area (Å²) in [7, 11) is -3.47. The maximum absolute atomic E-state index is 12.9. The van der Waals surface area contributed by atoms with Crippen molar-refractivity contribution in [3.05, 3.63) is 33.8 Å². The van der Waals surface area contributed by atoms with Crippen LogP contribution in [0.4, 0.5) is 10.8 Å². The van der Waals surface area contributed by atoms with Gasteiger partial charge in [-0.15, -0.1) is 0 Å². The Morgan fingerprint density at radius 1 is 1.35 bits per heavy atom. The second-order valence-electron chi connectivity index (χ2n) is 7.36. The van der Waals surface area contributed by atoms with Gasteiger partial charge in [0.2, 0.25) is 21.8 Å². The van der Waals surface area contributed by atoms with Crippen LogP contribution in [0.5, 0.6) is 5.75 Å². The third kappa shape index (κ3) is 7.46. The molecule has 1 aromatic carbocycles. The van der Waals surface area contributed by atoms with E-state index in [9.17, 15) is 18.0 Å². The van der Waals surface area contributed by atoms with E-state index in [2.05, 4.69) is 9.71 Å². The molecule has 12 heteroatoms. The number of aromatic nitrogens is 1. The van der Waals surface area contributed by atoms with Gasteiger partial charge in [0.15, 0.2) is 5.13 Å². The standard InChI is InChI=1S/C19H25ClN4O5S2/c1-11(2)10-29-15-7-12(3)5-6-14(15)24(17(26)8-16(21)25)19-23-13(18(20)30-19)9-22-31(4,27)28/h5-7,11,22H,8-10H2,1-4H3,(H2,21,25). The summed E-state index contributed by atoms with van der Waals surface area (Å²) in [5.74, 6) is -0.730. The first-order valence-corrected chi connectivity index (χ1v) is 12.4. The van der Waals surface area contributed by atoms with Crippen LogP contribution >= 0.6 is 22.9 Å². The Labute approximate surface area is 190 Å². The quantitative estimate of drug-likeness (QED) is 0.494. The van der Waals surface area contributed by atoms with Crippen molar-refractivity contribution in [2.45, 2.75) is 33.7 Å². The number of hydrogen-bond donors (Lipinski definition) is 2. The van der Waals surface area contributed by atoms with Crippen molar-refractivity contribution in [3.8, 4) is 5.75 Å². The van der Waals surface area contributed by atoms with Crippen LogP contribution in [-0.4, -0.2) is 38.1 Å². The number of ether oxygens (including phenoxy) is 1. The largest absolute Gasteiger partial charge is 0.491 e. The van der Waals surface area contributed by atoms with Gasteiger partial charge in [-0.3, -0.25) is 14.5 Å². The van der Waals surface area contributed by atoms with Crippen molar-refractivity contribution >= 4 is 55.6 Å². The van der Waals surface area contributed by atoms with Crippen LogP contribution in [0.3, 0.4) is 0 Å². The average molecular weight is 489 g/mol. The van der Waals surface area contributed by atoms with Crippen LogP contribution in [0, 0.1) is 12.8 Å². The van der Waals surface area contributed by atoms with E-state index in [4.69, 9.17) is 22.1 Å². The fourth-order valence-electron chi connectivity index (χ4n) is 2.48. The van der Waals surface area contributed by atoms with E-state index in [-0.39, 0.29) is 27.6 Å². The van der Waals surface area contributed by atoms with Crippen molar-refractivity contribution in [1.29, 1.82) is 0 Å². The van der Waals surface area contributed by atoms with Crippen molar-refractivity contribution in [2.75, 3.05) is 17.8 Å². The molecule has 0 unspecified atom stereocenters. The van der Waals surface area contributed by atoms with E-state index in [1.807, 2.05) is 20.8 Å². The zero-order valence-corrected chi connectivity index (χ0v) is 20.0. The topological polar surface area (TPSA) is 132 Å². The Morgan fingerprint density at radius 3 is 2.61 bits per heavy atom. The van der Waals surface area contributed by atoms with E-state index in [1.165, 1.54) is 4.90 Å². The van der Waals surface area contributed by atoms with Crippen molar-refractivity contribution in [1.82, 2.24) is 9.71 Å². The van der Waals surface area contributed by atoms with Crippen LogP contribution < -0.4 is 20.1 Å². The van der Waals surface area contributed by atoms with Gasteiger partial charge in [0, 0.05) is 0 Å². The van der Waals surface area contributed by atoms with Gasteiger partial charge >= 0.3 is 0 Å². The minimum Gasteiger partial charge on any atom is -0.491 e. The molecular formula is C19H25ClN4O5S2. The fraction of sp³-hybridized carbons (Fsp3) is 0.421. The minimum atomic E-state index is -3.47.